The van der Waals surface area contributed by atoms with Crippen LogP contribution in [0.1, 0.15) is 44.7 Å². The van der Waals surface area contributed by atoms with Crippen molar-refractivity contribution >= 4 is 12.0 Å². The Kier molecular flexibility index (Phi) is 6.89. The first-order valence-corrected chi connectivity index (χ1v) is 8.69. The largest absolute Gasteiger partial charge is 0.493 e. The Hall–Kier alpha value is -2.70. The molecular weight excluding hydrogens is 336 g/mol. The highest BCUT2D eigenvalue weighted by Gasteiger charge is 2.32. The molecule has 0 unspecified atom stereocenters. The molecule has 1 aliphatic heterocycles. The molecule has 1 aromatic carbocycles. The van der Waals surface area contributed by atoms with Crippen molar-refractivity contribution in [3.63, 3.8) is 0 Å². The lowest BCUT2D eigenvalue weighted by Crippen LogP contribution is -2.45. The van der Waals surface area contributed by atoms with E-state index in [1.165, 1.54) is 7.11 Å². The van der Waals surface area contributed by atoms with E-state index in [0.717, 1.165) is 19.3 Å². The zero-order valence-electron chi connectivity index (χ0n) is 15.7. The average molecular weight is 362 g/mol. The maximum Gasteiger partial charge on any atom is 0.337 e. The summed E-state index contributed by atoms with van der Waals surface area (Å²) in [4.78, 5) is 24.0. The summed E-state index contributed by atoms with van der Waals surface area (Å²) in [5.74, 6) is 0.681. The molecule has 0 radical (unpaired) electrons. The highest BCUT2D eigenvalue weighted by molar-refractivity contribution is 5.94. The van der Waals surface area contributed by atoms with E-state index in [9.17, 15) is 9.59 Å². The molecule has 0 spiro atoms. The summed E-state index contributed by atoms with van der Waals surface area (Å²) in [5.41, 5.74) is 1.52. The van der Waals surface area contributed by atoms with Gasteiger partial charge in [0.05, 0.1) is 32.4 Å². The quantitative estimate of drug-likeness (QED) is 0.548. The van der Waals surface area contributed by atoms with Crippen LogP contribution in [0.3, 0.4) is 0 Å². The fraction of sp³-hybridized carbons (Fsp3) is 0.474. The number of carbonyl (C=O) groups excluding carboxylic acids is 2. The molecule has 1 aromatic rings. The van der Waals surface area contributed by atoms with Gasteiger partial charge in [-0.2, -0.15) is 0 Å². The first-order valence-electron chi connectivity index (χ1n) is 8.69. The van der Waals surface area contributed by atoms with Crippen LogP contribution in [-0.4, -0.2) is 32.8 Å². The Bertz CT molecular complexity index is 699. The molecule has 0 bridgehead atoms. The van der Waals surface area contributed by atoms with Crippen LogP contribution in [0.2, 0.25) is 0 Å². The number of allylic oxidation sites excluding steroid dienone is 1. The van der Waals surface area contributed by atoms with Crippen molar-refractivity contribution in [1.82, 2.24) is 10.6 Å². The topological polar surface area (TPSA) is 85.9 Å². The zero-order valence-corrected chi connectivity index (χ0v) is 15.7. The molecule has 2 amide bonds. The number of hydrogen-bond donors (Lipinski definition) is 2. The lowest BCUT2D eigenvalue weighted by molar-refractivity contribution is -0.136. The van der Waals surface area contributed by atoms with E-state index in [0.29, 0.717) is 34.9 Å². The van der Waals surface area contributed by atoms with Crippen molar-refractivity contribution in [2.24, 2.45) is 0 Å². The molecule has 7 heteroatoms. The smallest absolute Gasteiger partial charge is 0.337 e. The number of hydrogen-bond acceptors (Lipinski definition) is 5. The summed E-state index contributed by atoms with van der Waals surface area (Å²) in [6, 6.07) is 4.36. The van der Waals surface area contributed by atoms with Crippen molar-refractivity contribution in [1.29, 1.82) is 0 Å². The van der Waals surface area contributed by atoms with Gasteiger partial charge in [0.1, 0.15) is 0 Å². The van der Waals surface area contributed by atoms with Gasteiger partial charge in [-0.15, -0.1) is 0 Å². The molecule has 7 nitrogen and oxygen atoms in total. The van der Waals surface area contributed by atoms with Crippen LogP contribution in [0.4, 0.5) is 4.79 Å². The molecule has 0 aromatic heterocycles. The summed E-state index contributed by atoms with van der Waals surface area (Å²) in [6.07, 6.45) is 3.20. The van der Waals surface area contributed by atoms with Gasteiger partial charge in [-0.25, -0.2) is 9.59 Å². The Labute approximate surface area is 153 Å². The van der Waals surface area contributed by atoms with E-state index in [-0.39, 0.29) is 6.03 Å². The Morgan fingerprint density at radius 2 is 1.96 bits per heavy atom. The first-order chi connectivity index (χ1) is 12.5. The van der Waals surface area contributed by atoms with Crippen LogP contribution in [0.15, 0.2) is 29.5 Å². The average Bonchev–Trinajstić information content (AvgIpc) is 2.64. The van der Waals surface area contributed by atoms with Gasteiger partial charge in [0, 0.05) is 5.70 Å². The number of esters is 1. The third kappa shape index (κ3) is 4.47. The number of urea groups is 1. The number of methoxy groups -OCH3 is 2. The minimum absolute atomic E-state index is 0.353. The second kappa shape index (κ2) is 9.12. The number of ether oxygens (including phenoxy) is 3. The van der Waals surface area contributed by atoms with Crippen LogP contribution < -0.4 is 20.1 Å². The molecule has 2 rings (SSSR count). The first kappa shape index (κ1) is 19.6. The summed E-state index contributed by atoms with van der Waals surface area (Å²) in [6.45, 7) is 4.41. The maximum absolute atomic E-state index is 12.2. The molecule has 0 saturated heterocycles. The van der Waals surface area contributed by atoms with Gasteiger partial charge in [0.25, 0.3) is 0 Å². The zero-order chi connectivity index (χ0) is 19.1. The third-order valence-electron chi connectivity index (χ3n) is 4.20. The summed E-state index contributed by atoms with van der Waals surface area (Å²) in [5, 5.41) is 5.35. The Morgan fingerprint density at radius 1 is 1.19 bits per heavy atom. The van der Waals surface area contributed by atoms with Crippen molar-refractivity contribution in [3.8, 4) is 11.5 Å². The molecular formula is C19H26N2O5. The molecule has 1 atom stereocenters. The second-order valence-electron chi connectivity index (χ2n) is 6.03. The van der Waals surface area contributed by atoms with Crippen LogP contribution in [0.25, 0.3) is 0 Å². The molecule has 1 heterocycles. The highest BCUT2D eigenvalue weighted by atomic mass is 16.5. The van der Waals surface area contributed by atoms with Gasteiger partial charge < -0.3 is 24.8 Å². The standard InChI is InChI=1S/C19H26N2O5/c1-5-6-7-10-26-14-9-8-13(11-15(14)24-3)17-16(18(22)25-4)12(2)20-19(23)21-17/h8-9,11,17H,5-7,10H2,1-4H3,(H2,20,21,23)/t17-/m1/s1. The van der Waals surface area contributed by atoms with E-state index in [1.54, 1.807) is 26.2 Å². The number of rotatable bonds is 8. The van der Waals surface area contributed by atoms with Gasteiger partial charge in [0.2, 0.25) is 0 Å². The molecule has 2 N–H and O–H groups in total. The summed E-state index contributed by atoms with van der Waals surface area (Å²) in [7, 11) is 2.87. The summed E-state index contributed by atoms with van der Waals surface area (Å²) >= 11 is 0. The number of unbranched alkanes of at least 4 members (excludes halogenated alkanes) is 2. The van der Waals surface area contributed by atoms with E-state index < -0.39 is 12.0 Å². The van der Waals surface area contributed by atoms with Gasteiger partial charge in [-0.3, -0.25) is 0 Å². The highest BCUT2D eigenvalue weighted by Crippen LogP contribution is 2.34. The number of benzene rings is 1. The van der Waals surface area contributed by atoms with E-state index in [2.05, 4.69) is 17.6 Å². The van der Waals surface area contributed by atoms with Gasteiger partial charge in [-0.05, 0) is 31.0 Å². The van der Waals surface area contributed by atoms with Crippen molar-refractivity contribution in [2.75, 3.05) is 20.8 Å². The van der Waals surface area contributed by atoms with Crippen LogP contribution in [-0.2, 0) is 9.53 Å². The van der Waals surface area contributed by atoms with Gasteiger partial charge in [0.15, 0.2) is 11.5 Å². The normalized spacial score (nSPS) is 16.6. The molecule has 26 heavy (non-hydrogen) atoms. The van der Waals surface area contributed by atoms with E-state index >= 15 is 0 Å². The number of amides is 2. The van der Waals surface area contributed by atoms with Crippen molar-refractivity contribution < 1.29 is 23.8 Å². The van der Waals surface area contributed by atoms with Gasteiger partial charge in [-0.1, -0.05) is 25.8 Å². The van der Waals surface area contributed by atoms with Crippen LogP contribution in [0.5, 0.6) is 11.5 Å². The third-order valence-corrected chi connectivity index (χ3v) is 4.20. The fourth-order valence-electron chi connectivity index (χ4n) is 2.84. The second-order valence-corrected chi connectivity index (χ2v) is 6.03. The van der Waals surface area contributed by atoms with Crippen LogP contribution >= 0.6 is 0 Å². The van der Waals surface area contributed by atoms with E-state index in [4.69, 9.17) is 14.2 Å². The number of carbonyl (C=O) groups is 2. The Morgan fingerprint density at radius 3 is 2.62 bits per heavy atom. The monoisotopic (exact) mass is 362 g/mol. The maximum atomic E-state index is 12.2. The predicted octanol–water partition coefficient (Wildman–Crippen LogP) is 3.07. The Balaban J connectivity index is 2.30. The lowest BCUT2D eigenvalue weighted by Gasteiger charge is -2.28. The number of nitrogens with one attached hydrogen (secondary N) is 2. The predicted molar refractivity (Wildman–Crippen MR) is 97.1 cm³/mol. The molecule has 1 aliphatic rings. The van der Waals surface area contributed by atoms with E-state index in [1.807, 2.05) is 6.07 Å². The minimum atomic E-state index is -0.626. The SMILES string of the molecule is CCCCCOc1ccc([C@H]2NC(=O)NC(C)=C2C(=O)OC)cc1OC. The van der Waals surface area contributed by atoms with Gasteiger partial charge >= 0.3 is 12.0 Å². The van der Waals surface area contributed by atoms with Crippen molar-refractivity contribution in [3.05, 3.63) is 35.0 Å². The van der Waals surface area contributed by atoms with Crippen LogP contribution in [0, 0.1) is 0 Å². The molecule has 142 valence electrons. The van der Waals surface area contributed by atoms with Crippen molar-refractivity contribution in [2.45, 2.75) is 39.2 Å². The lowest BCUT2D eigenvalue weighted by atomic mass is 9.95. The summed E-state index contributed by atoms with van der Waals surface area (Å²) < 4.78 is 16.1. The molecule has 0 fully saturated rings. The minimum Gasteiger partial charge on any atom is -0.493 e. The molecule has 0 saturated carbocycles. The molecule has 0 aliphatic carbocycles. The fourth-order valence-corrected chi connectivity index (χ4v) is 2.84.